The van der Waals surface area contributed by atoms with Gasteiger partial charge in [0.2, 0.25) is 0 Å². The molecule has 0 bridgehead atoms. The molecule has 1 unspecified atom stereocenters. The molecule has 1 fully saturated rings. The smallest absolute Gasteiger partial charge is 0.0879 e. The van der Waals surface area contributed by atoms with Crippen LogP contribution in [-0.4, -0.2) is 32.6 Å². The fraction of sp³-hybridized carbons (Fsp3) is 1.00. The Balaban J connectivity index is 2.70. The van der Waals surface area contributed by atoms with Crippen molar-refractivity contribution in [2.45, 2.75) is 57.3 Å². The summed E-state index contributed by atoms with van der Waals surface area (Å²) in [5.74, 6) is 0.123. The first kappa shape index (κ1) is 11.0. The number of hydrogen-bond donors (Lipinski definition) is 3. The summed E-state index contributed by atoms with van der Waals surface area (Å²) >= 11 is 0. The zero-order valence-corrected chi connectivity index (χ0v) is 8.62. The van der Waals surface area contributed by atoms with Crippen LogP contribution in [0.1, 0.15) is 40.0 Å². The van der Waals surface area contributed by atoms with E-state index in [0.29, 0.717) is 12.8 Å². The molecule has 0 amide bonds. The zero-order valence-electron chi connectivity index (χ0n) is 8.62. The summed E-state index contributed by atoms with van der Waals surface area (Å²) in [7, 11) is 0. The first-order valence-electron chi connectivity index (χ1n) is 4.91. The Morgan fingerprint density at radius 1 is 1.23 bits per heavy atom. The van der Waals surface area contributed by atoms with Gasteiger partial charge in [0, 0.05) is 6.42 Å². The van der Waals surface area contributed by atoms with E-state index < -0.39 is 17.3 Å². The molecule has 13 heavy (non-hydrogen) atoms. The maximum absolute atomic E-state index is 10.1. The number of aliphatic hydroxyl groups excluding tert-OH is 1. The van der Waals surface area contributed by atoms with Crippen LogP contribution in [0.25, 0.3) is 0 Å². The molecule has 0 heterocycles. The molecule has 0 aliphatic heterocycles. The lowest BCUT2D eigenvalue weighted by molar-refractivity contribution is -0.160. The molecule has 0 aromatic carbocycles. The Kier molecular flexibility index (Phi) is 2.72. The summed E-state index contributed by atoms with van der Waals surface area (Å²) in [4.78, 5) is 0. The third kappa shape index (κ3) is 2.03. The Bertz CT molecular complexity index is 189. The molecule has 78 valence electrons. The van der Waals surface area contributed by atoms with Gasteiger partial charge < -0.3 is 15.3 Å². The third-order valence-corrected chi connectivity index (χ3v) is 3.40. The average molecular weight is 188 g/mol. The molecule has 3 N–H and O–H groups in total. The van der Waals surface area contributed by atoms with Crippen molar-refractivity contribution in [2.24, 2.45) is 5.92 Å². The third-order valence-electron chi connectivity index (χ3n) is 3.40. The van der Waals surface area contributed by atoms with E-state index in [2.05, 4.69) is 0 Å². The summed E-state index contributed by atoms with van der Waals surface area (Å²) in [5, 5.41) is 29.4. The number of aliphatic hydroxyl groups is 3. The van der Waals surface area contributed by atoms with Crippen molar-refractivity contribution < 1.29 is 15.3 Å². The second-order valence-electron chi connectivity index (χ2n) is 4.84. The summed E-state index contributed by atoms with van der Waals surface area (Å²) in [6, 6.07) is 0. The molecule has 3 nitrogen and oxygen atoms in total. The monoisotopic (exact) mass is 188 g/mol. The fourth-order valence-electron chi connectivity index (χ4n) is 1.82. The van der Waals surface area contributed by atoms with E-state index in [1.54, 1.807) is 6.92 Å². The topological polar surface area (TPSA) is 60.7 Å². The molecule has 0 radical (unpaired) electrons. The van der Waals surface area contributed by atoms with Crippen LogP contribution in [0.2, 0.25) is 0 Å². The molecule has 0 aromatic heterocycles. The molecule has 3 heteroatoms. The van der Waals surface area contributed by atoms with E-state index in [4.69, 9.17) is 0 Å². The highest BCUT2D eigenvalue weighted by molar-refractivity contribution is 4.98. The van der Waals surface area contributed by atoms with Gasteiger partial charge in [-0.05, 0) is 25.7 Å². The van der Waals surface area contributed by atoms with Gasteiger partial charge in [-0.1, -0.05) is 13.8 Å². The minimum absolute atomic E-state index is 0.123. The van der Waals surface area contributed by atoms with Crippen molar-refractivity contribution in [3.8, 4) is 0 Å². The molecule has 3 atom stereocenters. The van der Waals surface area contributed by atoms with Gasteiger partial charge in [-0.15, -0.1) is 0 Å². The number of rotatable bonds is 1. The molecule has 1 aliphatic rings. The Hall–Kier alpha value is -0.120. The van der Waals surface area contributed by atoms with Crippen molar-refractivity contribution in [1.29, 1.82) is 0 Å². The highest BCUT2D eigenvalue weighted by atomic mass is 16.3. The predicted octanol–water partition coefficient (Wildman–Crippen LogP) is 0.669. The lowest BCUT2D eigenvalue weighted by Crippen LogP contribution is -2.53. The van der Waals surface area contributed by atoms with Crippen molar-refractivity contribution in [3.63, 3.8) is 0 Å². The van der Waals surface area contributed by atoms with Gasteiger partial charge in [0.05, 0.1) is 17.3 Å². The molecular weight excluding hydrogens is 168 g/mol. The second-order valence-corrected chi connectivity index (χ2v) is 4.84. The maximum atomic E-state index is 10.1. The van der Waals surface area contributed by atoms with Crippen LogP contribution in [0.4, 0.5) is 0 Å². The average Bonchev–Trinajstić information content (AvgIpc) is 1.98. The van der Waals surface area contributed by atoms with E-state index in [1.165, 1.54) is 0 Å². The molecule has 1 aliphatic carbocycles. The van der Waals surface area contributed by atoms with Gasteiger partial charge in [0.15, 0.2) is 0 Å². The van der Waals surface area contributed by atoms with Crippen LogP contribution >= 0.6 is 0 Å². The lowest BCUT2D eigenvalue weighted by Gasteiger charge is -2.44. The summed E-state index contributed by atoms with van der Waals surface area (Å²) < 4.78 is 0. The maximum Gasteiger partial charge on any atom is 0.0879 e. The van der Waals surface area contributed by atoms with Gasteiger partial charge in [-0.3, -0.25) is 0 Å². The molecule has 0 saturated heterocycles. The van der Waals surface area contributed by atoms with E-state index >= 15 is 0 Å². The Morgan fingerprint density at radius 2 is 1.77 bits per heavy atom. The molecule has 1 saturated carbocycles. The van der Waals surface area contributed by atoms with Crippen LogP contribution in [0, 0.1) is 5.92 Å². The van der Waals surface area contributed by atoms with Crippen LogP contribution in [0.15, 0.2) is 0 Å². The highest BCUT2D eigenvalue weighted by Crippen LogP contribution is 2.38. The van der Waals surface area contributed by atoms with Crippen LogP contribution in [-0.2, 0) is 0 Å². The minimum Gasteiger partial charge on any atom is -0.390 e. The Morgan fingerprint density at radius 3 is 2.15 bits per heavy atom. The Labute approximate surface area is 79.4 Å². The van der Waals surface area contributed by atoms with Gasteiger partial charge in [-0.2, -0.15) is 0 Å². The second kappa shape index (κ2) is 3.23. The van der Waals surface area contributed by atoms with E-state index in [0.717, 1.165) is 0 Å². The van der Waals surface area contributed by atoms with Crippen LogP contribution < -0.4 is 0 Å². The van der Waals surface area contributed by atoms with E-state index in [9.17, 15) is 15.3 Å². The normalized spacial score (nSPS) is 46.8. The van der Waals surface area contributed by atoms with E-state index in [-0.39, 0.29) is 12.3 Å². The lowest BCUT2D eigenvalue weighted by atomic mass is 9.70. The van der Waals surface area contributed by atoms with Crippen molar-refractivity contribution in [1.82, 2.24) is 0 Å². The van der Waals surface area contributed by atoms with Crippen LogP contribution in [0.5, 0.6) is 0 Å². The fourth-order valence-corrected chi connectivity index (χ4v) is 1.82. The molecular formula is C10H20O3. The molecule has 0 aromatic rings. The highest BCUT2D eigenvalue weighted by Gasteiger charge is 2.45. The van der Waals surface area contributed by atoms with Gasteiger partial charge in [0.1, 0.15) is 0 Å². The van der Waals surface area contributed by atoms with Crippen molar-refractivity contribution in [2.75, 3.05) is 0 Å². The summed E-state index contributed by atoms with van der Waals surface area (Å²) in [6.07, 6.45) is 0.489. The first-order chi connectivity index (χ1) is 5.78. The van der Waals surface area contributed by atoms with Crippen molar-refractivity contribution >= 4 is 0 Å². The van der Waals surface area contributed by atoms with Gasteiger partial charge >= 0.3 is 0 Å². The van der Waals surface area contributed by atoms with Crippen molar-refractivity contribution in [3.05, 3.63) is 0 Å². The zero-order chi connectivity index (χ0) is 10.3. The molecule has 1 rings (SSSR count). The van der Waals surface area contributed by atoms with Crippen LogP contribution in [0.3, 0.4) is 0 Å². The number of hydrogen-bond acceptors (Lipinski definition) is 3. The minimum atomic E-state index is -1.03. The quantitative estimate of drug-likeness (QED) is 0.567. The van der Waals surface area contributed by atoms with Gasteiger partial charge in [-0.25, -0.2) is 0 Å². The summed E-state index contributed by atoms with van der Waals surface area (Å²) in [6.45, 7) is 5.50. The predicted molar refractivity (Wildman–Crippen MR) is 50.3 cm³/mol. The molecule has 0 spiro atoms. The largest absolute Gasteiger partial charge is 0.390 e. The SMILES string of the molecule is CC(C)[C@]1(O)CC[C@](C)(O)C(O)C1. The van der Waals surface area contributed by atoms with Gasteiger partial charge in [0.25, 0.3) is 0 Å². The standard InChI is InChI=1S/C10H20O3/c1-7(2)10(13)5-4-9(3,12)8(11)6-10/h7-8,11-13H,4-6H2,1-3H3/t8?,9-,10-/m0/s1. The van der Waals surface area contributed by atoms with E-state index in [1.807, 2.05) is 13.8 Å². The first-order valence-corrected chi connectivity index (χ1v) is 4.91. The summed E-state index contributed by atoms with van der Waals surface area (Å²) in [5.41, 5.74) is -1.83.